The third-order valence-corrected chi connectivity index (χ3v) is 4.57. The minimum absolute atomic E-state index is 0.175. The molecule has 130 valence electrons. The molecule has 4 nitrogen and oxygen atoms in total. The molecule has 0 unspecified atom stereocenters. The van der Waals surface area contributed by atoms with Gasteiger partial charge in [-0.1, -0.05) is 12.2 Å². The first kappa shape index (κ1) is 17.5. The van der Waals surface area contributed by atoms with Gasteiger partial charge in [-0.15, -0.1) is 11.8 Å². The van der Waals surface area contributed by atoms with Gasteiger partial charge >= 0.3 is 0 Å². The molecule has 6 heteroatoms. The van der Waals surface area contributed by atoms with Crippen LogP contribution in [0.2, 0.25) is 0 Å². The lowest BCUT2D eigenvalue weighted by Gasteiger charge is -2.08. The molecule has 0 fully saturated rings. The zero-order valence-electron chi connectivity index (χ0n) is 14.1. The predicted molar refractivity (Wildman–Crippen MR) is 99.0 cm³/mol. The minimum atomic E-state index is -0.362. The SMILES string of the molecule is CSC1=CCCC/C=c2/cc(Oc3ccc(F)cc3C)c(=O)[nH]/c2=N/1. The summed E-state index contributed by atoms with van der Waals surface area (Å²) in [7, 11) is 0. The number of ether oxygens (including phenoxy) is 1. The fourth-order valence-corrected chi connectivity index (χ4v) is 3.04. The van der Waals surface area contributed by atoms with Crippen LogP contribution in [0.15, 0.2) is 45.2 Å². The average Bonchev–Trinajstić information content (AvgIpc) is 2.67. The Morgan fingerprint density at radius 2 is 2.00 bits per heavy atom. The number of nitrogens with one attached hydrogen (secondary N) is 1. The molecule has 1 aromatic carbocycles. The summed E-state index contributed by atoms with van der Waals surface area (Å²) in [5.74, 6) is 0.294. The summed E-state index contributed by atoms with van der Waals surface area (Å²) in [6.07, 6.45) is 8.96. The maximum atomic E-state index is 13.2. The maximum absolute atomic E-state index is 13.2. The molecular weight excluding hydrogens is 339 g/mol. The number of aromatic amines is 1. The number of H-pyrrole nitrogens is 1. The molecule has 0 spiro atoms. The van der Waals surface area contributed by atoms with E-state index in [9.17, 15) is 9.18 Å². The number of thioether (sulfide) groups is 1. The van der Waals surface area contributed by atoms with Gasteiger partial charge in [0.05, 0.1) is 5.03 Å². The van der Waals surface area contributed by atoms with Crippen molar-refractivity contribution in [1.82, 2.24) is 4.98 Å². The van der Waals surface area contributed by atoms with E-state index in [4.69, 9.17) is 4.74 Å². The number of rotatable bonds is 3. The van der Waals surface area contributed by atoms with E-state index in [0.29, 0.717) is 16.8 Å². The highest BCUT2D eigenvalue weighted by Gasteiger charge is 2.08. The van der Waals surface area contributed by atoms with Crippen molar-refractivity contribution in [2.45, 2.75) is 26.2 Å². The van der Waals surface area contributed by atoms with Crippen LogP contribution >= 0.6 is 11.8 Å². The fraction of sp³-hybridized carbons (Fsp3) is 0.263. The van der Waals surface area contributed by atoms with E-state index in [-0.39, 0.29) is 17.1 Å². The lowest BCUT2D eigenvalue weighted by molar-refractivity contribution is 0.467. The van der Waals surface area contributed by atoms with E-state index in [0.717, 1.165) is 29.5 Å². The molecule has 0 bridgehead atoms. The van der Waals surface area contributed by atoms with Crippen molar-refractivity contribution in [3.05, 3.63) is 67.8 Å². The van der Waals surface area contributed by atoms with E-state index >= 15 is 0 Å². The monoisotopic (exact) mass is 358 g/mol. The van der Waals surface area contributed by atoms with Crippen LogP contribution < -0.4 is 21.0 Å². The van der Waals surface area contributed by atoms with Gasteiger partial charge in [-0.2, -0.15) is 0 Å². The van der Waals surface area contributed by atoms with Gasteiger partial charge in [0.1, 0.15) is 17.1 Å². The van der Waals surface area contributed by atoms with E-state index in [1.807, 2.05) is 6.26 Å². The summed E-state index contributed by atoms with van der Waals surface area (Å²) in [6, 6.07) is 5.90. The number of pyridine rings is 1. The quantitative estimate of drug-likeness (QED) is 0.915. The summed E-state index contributed by atoms with van der Waals surface area (Å²) >= 11 is 1.55. The number of fused-ring (bicyclic) bond motifs is 1. The number of aromatic nitrogens is 1. The van der Waals surface area contributed by atoms with Crippen molar-refractivity contribution in [3.63, 3.8) is 0 Å². The molecular formula is C19H19FN2O2S. The fourth-order valence-electron chi connectivity index (χ4n) is 2.57. The van der Waals surface area contributed by atoms with E-state index < -0.39 is 0 Å². The summed E-state index contributed by atoms with van der Waals surface area (Å²) in [5.41, 5.74) is 0.805. The van der Waals surface area contributed by atoms with Crippen LogP contribution in [0.4, 0.5) is 4.39 Å². The molecule has 25 heavy (non-hydrogen) atoms. The van der Waals surface area contributed by atoms with Crippen LogP contribution in [0, 0.1) is 12.7 Å². The molecule has 0 amide bonds. The van der Waals surface area contributed by atoms with Gasteiger partial charge in [0, 0.05) is 5.22 Å². The summed E-state index contributed by atoms with van der Waals surface area (Å²) in [6.45, 7) is 1.74. The average molecular weight is 358 g/mol. The molecule has 0 atom stereocenters. The molecule has 3 rings (SSSR count). The highest BCUT2D eigenvalue weighted by Crippen LogP contribution is 2.22. The molecule has 1 aliphatic rings. The Hall–Kier alpha value is -2.34. The number of halogens is 1. The van der Waals surface area contributed by atoms with Crippen molar-refractivity contribution in [3.8, 4) is 11.5 Å². The lowest BCUT2D eigenvalue weighted by atomic mass is 10.2. The Morgan fingerprint density at radius 3 is 2.76 bits per heavy atom. The zero-order valence-corrected chi connectivity index (χ0v) is 15.0. The molecule has 0 saturated carbocycles. The number of hydrogen-bond donors (Lipinski definition) is 1. The Kier molecular flexibility index (Phi) is 5.38. The first-order chi connectivity index (χ1) is 12.1. The normalized spacial score (nSPS) is 16.8. The third kappa shape index (κ3) is 4.20. The number of hydrogen-bond acceptors (Lipinski definition) is 4. The predicted octanol–water partition coefficient (Wildman–Crippen LogP) is 3.40. The van der Waals surface area contributed by atoms with Crippen molar-refractivity contribution in [1.29, 1.82) is 0 Å². The van der Waals surface area contributed by atoms with Crippen LogP contribution in [0.25, 0.3) is 6.08 Å². The van der Waals surface area contributed by atoms with Crippen LogP contribution in [-0.4, -0.2) is 11.2 Å². The standard InChI is InChI=1S/C19H19FN2O2S/c1-12-10-14(20)8-9-15(12)24-16-11-13-6-4-3-5-7-17(25-2)21-18(13)22-19(16)23/h6-11H,3-5H2,1-2H3,(H,21,22,23)/b13-6-,17-7?. The van der Waals surface area contributed by atoms with Gasteiger partial charge in [0.25, 0.3) is 5.56 Å². The van der Waals surface area contributed by atoms with Crippen LogP contribution in [-0.2, 0) is 0 Å². The van der Waals surface area contributed by atoms with Crippen molar-refractivity contribution < 1.29 is 9.13 Å². The Labute approximate surface area is 149 Å². The lowest BCUT2D eigenvalue weighted by Crippen LogP contribution is -2.35. The second-order valence-corrected chi connectivity index (χ2v) is 6.60. The van der Waals surface area contributed by atoms with E-state index in [1.165, 1.54) is 18.2 Å². The van der Waals surface area contributed by atoms with Crippen LogP contribution in [0.1, 0.15) is 24.8 Å². The van der Waals surface area contributed by atoms with Crippen molar-refractivity contribution in [2.24, 2.45) is 4.99 Å². The molecule has 1 aromatic heterocycles. The number of nitrogens with zero attached hydrogens (tertiary/aromatic N) is 1. The maximum Gasteiger partial charge on any atom is 0.292 e. The summed E-state index contributed by atoms with van der Waals surface area (Å²) < 4.78 is 19.0. The number of benzene rings is 1. The number of allylic oxidation sites excluding steroid dienone is 1. The van der Waals surface area contributed by atoms with E-state index in [2.05, 4.69) is 22.1 Å². The minimum Gasteiger partial charge on any atom is -0.451 e. The van der Waals surface area contributed by atoms with Gasteiger partial charge in [-0.25, -0.2) is 9.38 Å². The zero-order chi connectivity index (χ0) is 17.8. The van der Waals surface area contributed by atoms with Crippen LogP contribution in [0.3, 0.4) is 0 Å². The molecule has 1 aliphatic heterocycles. The van der Waals surface area contributed by atoms with Gasteiger partial charge < -0.3 is 9.72 Å². The topological polar surface area (TPSA) is 54.5 Å². The Bertz CT molecular complexity index is 995. The van der Waals surface area contributed by atoms with E-state index in [1.54, 1.807) is 24.8 Å². The van der Waals surface area contributed by atoms with Gasteiger partial charge in [0.2, 0.25) is 0 Å². The van der Waals surface area contributed by atoms with Gasteiger partial charge in [-0.3, -0.25) is 4.79 Å². The molecule has 0 aliphatic carbocycles. The number of aryl methyl sites for hydroxylation is 1. The Balaban J connectivity index is 2.08. The molecule has 2 aromatic rings. The van der Waals surface area contributed by atoms with Crippen molar-refractivity contribution >= 4 is 17.8 Å². The second kappa shape index (κ2) is 7.70. The first-order valence-electron chi connectivity index (χ1n) is 8.07. The summed E-state index contributed by atoms with van der Waals surface area (Å²) in [4.78, 5) is 19.7. The van der Waals surface area contributed by atoms with Gasteiger partial charge in [-0.05, 0) is 62.3 Å². The highest BCUT2D eigenvalue weighted by molar-refractivity contribution is 8.02. The molecule has 0 saturated heterocycles. The largest absolute Gasteiger partial charge is 0.451 e. The molecule has 0 radical (unpaired) electrons. The third-order valence-electron chi connectivity index (χ3n) is 3.90. The molecule has 2 heterocycles. The van der Waals surface area contributed by atoms with Crippen molar-refractivity contribution in [2.75, 3.05) is 6.26 Å². The Morgan fingerprint density at radius 1 is 1.20 bits per heavy atom. The van der Waals surface area contributed by atoms with Gasteiger partial charge in [0.15, 0.2) is 5.75 Å². The smallest absolute Gasteiger partial charge is 0.292 e. The highest BCUT2D eigenvalue weighted by atomic mass is 32.2. The second-order valence-electron chi connectivity index (χ2n) is 5.77. The first-order valence-corrected chi connectivity index (χ1v) is 9.29. The summed E-state index contributed by atoms with van der Waals surface area (Å²) in [5, 5.41) is 1.71. The van der Waals surface area contributed by atoms with Crippen LogP contribution in [0.5, 0.6) is 11.5 Å². The molecule has 1 N–H and O–H groups in total.